The van der Waals surface area contributed by atoms with E-state index in [0.29, 0.717) is 0 Å². The molecule has 0 aromatic heterocycles. The maximum absolute atomic E-state index is 12.7. The van der Waals surface area contributed by atoms with Crippen LogP contribution < -0.4 is 4.90 Å². The molecular weight excluding hydrogens is 337 g/mol. The van der Waals surface area contributed by atoms with E-state index in [-0.39, 0.29) is 18.1 Å². The first-order valence-corrected chi connectivity index (χ1v) is 6.90. The summed E-state index contributed by atoms with van der Waals surface area (Å²) in [5.74, 6) is -1.17. The quantitative estimate of drug-likeness (QED) is 0.739. The second-order valence-electron chi connectivity index (χ2n) is 4.44. The highest BCUT2D eigenvalue weighted by Gasteiger charge is 2.52. The Bertz CT molecular complexity index is 533. The molecule has 2 nitrogen and oxygen atoms in total. The van der Waals surface area contributed by atoms with Gasteiger partial charge in [-0.05, 0) is 18.2 Å². The van der Waals surface area contributed by atoms with E-state index in [2.05, 4.69) is 0 Å². The minimum atomic E-state index is -4.48. The summed E-state index contributed by atoms with van der Waals surface area (Å²) in [5.41, 5.74) is -0.741. The first-order valence-electron chi connectivity index (χ1n) is 5.61. The lowest BCUT2D eigenvalue weighted by Crippen LogP contribution is -2.33. The Morgan fingerprint density at radius 3 is 2.50 bits per heavy atom. The Kier molecular flexibility index (Phi) is 4.15. The van der Waals surface area contributed by atoms with Crippen molar-refractivity contribution in [3.63, 3.8) is 0 Å². The van der Waals surface area contributed by atoms with E-state index in [1.54, 1.807) is 0 Å². The minimum Gasteiger partial charge on any atom is -0.309 e. The van der Waals surface area contributed by atoms with Gasteiger partial charge in [-0.3, -0.25) is 4.79 Å². The lowest BCUT2D eigenvalue weighted by Gasteiger charge is -2.18. The summed E-state index contributed by atoms with van der Waals surface area (Å²) >= 11 is 17.5. The van der Waals surface area contributed by atoms with Crippen molar-refractivity contribution in [2.75, 3.05) is 17.3 Å². The van der Waals surface area contributed by atoms with E-state index in [9.17, 15) is 18.0 Å². The largest absolute Gasteiger partial charge is 0.416 e. The maximum atomic E-state index is 12.7. The van der Waals surface area contributed by atoms with E-state index < -0.39 is 27.9 Å². The summed E-state index contributed by atoms with van der Waals surface area (Å²) in [4.78, 5) is 13.2. The molecule has 1 unspecified atom stereocenters. The molecule has 1 aromatic carbocycles. The Morgan fingerprint density at radius 1 is 1.35 bits per heavy atom. The summed E-state index contributed by atoms with van der Waals surface area (Å²) in [6, 6.07) is 4.44. The molecule has 0 spiro atoms. The Balaban J connectivity index is 2.36. The molecule has 0 bridgehead atoms. The highest BCUT2D eigenvalue weighted by Crippen LogP contribution is 2.42. The van der Waals surface area contributed by atoms with Gasteiger partial charge in [0.1, 0.15) is 0 Å². The summed E-state index contributed by atoms with van der Waals surface area (Å²) in [5, 5.41) is 0. The smallest absolute Gasteiger partial charge is 0.309 e. The molecule has 1 aliphatic heterocycles. The normalized spacial score (nSPS) is 22.4. The molecule has 110 valence electrons. The lowest BCUT2D eigenvalue weighted by molar-refractivity contribution is -0.137. The molecule has 8 heteroatoms. The maximum Gasteiger partial charge on any atom is 0.416 e. The predicted molar refractivity (Wildman–Crippen MR) is 72.4 cm³/mol. The molecule has 1 amide bonds. The van der Waals surface area contributed by atoms with Crippen molar-refractivity contribution in [3.8, 4) is 0 Å². The van der Waals surface area contributed by atoms with Gasteiger partial charge in [0.2, 0.25) is 4.33 Å². The van der Waals surface area contributed by atoms with Gasteiger partial charge < -0.3 is 4.90 Å². The third-order valence-electron chi connectivity index (χ3n) is 3.12. The summed E-state index contributed by atoms with van der Waals surface area (Å²) in [6.45, 7) is 0.0800. The predicted octanol–water partition coefficient (Wildman–Crippen LogP) is 4.08. The number of carbonyl (C=O) groups excluding carboxylic acids is 1. The van der Waals surface area contributed by atoms with Crippen LogP contribution in [0, 0.1) is 5.92 Å². The molecule has 1 aromatic rings. The summed E-state index contributed by atoms with van der Waals surface area (Å²) in [6.07, 6.45) is -4.48. The highest BCUT2D eigenvalue weighted by atomic mass is 35.5. The second kappa shape index (κ2) is 5.28. The van der Waals surface area contributed by atoms with Crippen LogP contribution in [0.25, 0.3) is 0 Å². The molecule has 0 radical (unpaired) electrons. The standard InChI is InChI=1S/C12H9Cl3F3NO/c13-5-8-6-19(10(20)11(8,14)15)9-3-1-2-7(4-9)12(16,17)18/h1-4,8H,5-6H2. The van der Waals surface area contributed by atoms with E-state index in [1.165, 1.54) is 12.1 Å². The van der Waals surface area contributed by atoms with Gasteiger partial charge in [0.15, 0.2) is 0 Å². The van der Waals surface area contributed by atoms with Crippen LogP contribution in [0.5, 0.6) is 0 Å². The van der Waals surface area contributed by atoms with Crippen molar-refractivity contribution in [1.82, 2.24) is 0 Å². The Hall–Kier alpha value is -0.650. The van der Waals surface area contributed by atoms with Gasteiger partial charge in [0.05, 0.1) is 5.56 Å². The average molecular weight is 347 g/mol. The fraction of sp³-hybridized carbons (Fsp3) is 0.417. The number of anilines is 1. The molecule has 1 atom stereocenters. The number of carbonyl (C=O) groups is 1. The van der Waals surface area contributed by atoms with Gasteiger partial charge in [-0.25, -0.2) is 0 Å². The topological polar surface area (TPSA) is 20.3 Å². The van der Waals surface area contributed by atoms with Crippen LogP contribution in [0.3, 0.4) is 0 Å². The van der Waals surface area contributed by atoms with Crippen molar-refractivity contribution in [2.24, 2.45) is 5.92 Å². The molecule has 1 saturated heterocycles. The van der Waals surface area contributed by atoms with Crippen LogP contribution in [0.2, 0.25) is 0 Å². The van der Waals surface area contributed by atoms with Gasteiger partial charge in [0, 0.05) is 24.0 Å². The van der Waals surface area contributed by atoms with Crippen molar-refractivity contribution >= 4 is 46.4 Å². The molecule has 0 saturated carbocycles. The average Bonchev–Trinajstić information content (AvgIpc) is 2.60. The number of hydrogen-bond donors (Lipinski definition) is 0. The summed E-state index contributed by atoms with van der Waals surface area (Å²) in [7, 11) is 0. The van der Waals surface area contributed by atoms with E-state index >= 15 is 0 Å². The zero-order chi connectivity index (χ0) is 15.1. The minimum absolute atomic E-state index is 0.0359. The molecule has 20 heavy (non-hydrogen) atoms. The summed E-state index contributed by atoms with van der Waals surface area (Å²) < 4.78 is 36.3. The van der Waals surface area contributed by atoms with Crippen LogP contribution in [0.4, 0.5) is 18.9 Å². The van der Waals surface area contributed by atoms with Crippen molar-refractivity contribution < 1.29 is 18.0 Å². The molecule has 0 aliphatic carbocycles. The van der Waals surface area contributed by atoms with Crippen LogP contribution >= 0.6 is 34.8 Å². The third kappa shape index (κ3) is 2.71. The Morgan fingerprint density at radius 2 is 2.00 bits per heavy atom. The van der Waals surface area contributed by atoms with Gasteiger partial charge in [-0.15, -0.1) is 11.6 Å². The number of nitrogens with zero attached hydrogens (tertiary/aromatic N) is 1. The molecule has 2 rings (SSSR count). The number of halogens is 6. The van der Waals surface area contributed by atoms with Crippen molar-refractivity contribution in [2.45, 2.75) is 10.5 Å². The monoisotopic (exact) mass is 345 g/mol. The van der Waals surface area contributed by atoms with E-state index in [4.69, 9.17) is 34.8 Å². The van der Waals surface area contributed by atoms with E-state index in [0.717, 1.165) is 17.0 Å². The second-order valence-corrected chi connectivity index (χ2v) is 6.13. The van der Waals surface area contributed by atoms with Crippen molar-refractivity contribution in [1.29, 1.82) is 0 Å². The molecule has 1 aliphatic rings. The Labute approximate surface area is 128 Å². The molecular formula is C12H9Cl3F3NO. The first-order chi connectivity index (χ1) is 9.17. The number of alkyl halides is 6. The number of rotatable bonds is 2. The van der Waals surface area contributed by atoms with Gasteiger partial charge in [-0.2, -0.15) is 13.2 Å². The van der Waals surface area contributed by atoms with Crippen LogP contribution in [-0.4, -0.2) is 22.7 Å². The number of hydrogen-bond acceptors (Lipinski definition) is 1. The van der Waals surface area contributed by atoms with Crippen LogP contribution in [0.15, 0.2) is 24.3 Å². The zero-order valence-electron chi connectivity index (χ0n) is 9.92. The van der Waals surface area contributed by atoms with Gasteiger partial charge >= 0.3 is 6.18 Å². The molecule has 0 N–H and O–H groups in total. The van der Waals surface area contributed by atoms with Crippen LogP contribution in [-0.2, 0) is 11.0 Å². The third-order valence-corrected chi connectivity index (χ3v) is 4.43. The lowest BCUT2D eigenvalue weighted by atomic mass is 10.1. The van der Waals surface area contributed by atoms with Crippen molar-refractivity contribution in [3.05, 3.63) is 29.8 Å². The van der Waals surface area contributed by atoms with Crippen LogP contribution in [0.1, 0.15) is 5.56 Å². The van der Waals surface area contributed by atoms with E-state index in [1.807, 2.05) is 0 Å². The van der Waals surface area contributed by atoms with Gasteiger partial charge in [0.25, 0.3) is 5.91 Å². The fourth-order valence-electron chi connectivity index (χ4n) is 1.99. The molecule has 1 heterocycles. The SMILES string of the molecule is O=C1N(c2cccc(C(F)(F)F)c2)CC(CCl)C1(Cl)Cl. The fourth-order valence-corrected chi connectivity index (χ4v) is 2.97. The highest BCUT2D eigenvalue weighted by molar-refractivity contribution is 6.60. The number of benzene rings is 1. The first kappa shape index (κ1) is 15.7. The van der Waals surface area contributed by atoms with Gasteiger partial charge in [-0.1, -0.05) is 29.3 Å². The zero-order valence-corrected chi connectivity index (χ0v) is 12.2. The number of amides is 1. The molecule has 1 fully saturated rings.